The van der Waals surface area contributed by atoms with Gasteiger partial charge in [-0.3, -0.25) is 14.6 Å². The Hall–Kier alpha value is -1.68. The highest BCUT2D eigenvalue weighted by atomic mass is 19.4. The number of ether oxygens (including phenoxy) is 2. The molecular formula is C13H17F3N4O3. The Morgan fingerprint density at radius 1 is 1.39 bits per heavy atom. The van der Waals surface area contributed by atoms with Crippen molar-refractivity contribution in [3.8, 4) is 0 Å². The van der Waals surface area contributed by atoms with Crippen LogP contribution in [0.4, 0.5) is 13.2 Å². The predicted octanol–water partition coefficient (Wildman–Crippen LogP) is 1.03. The van der Waals surface area contributed by atoms with E-state index in [2.05, 4.69) is 25.2 Å². The lowest BCUT2D eigenvalue weighted by molar-refractivity contribution is -0.353. The zero-order valence-corrected chi connectivity index (χ0v) is 12.4. The Morgan fingerprint density at radius 2 is 2.13 bits per heavy atom. The molecule has 2 fully saturated rings. The number of halogens is 3. The lowest BCUT2D eigenvalue weighted by Gasteiger charge is -2.35. The van der Waals surface area contributed by atoms with E-state index in [1.54, 1.807) is 6.92 Å². The Kier molecular flexibility index (Phi) is 4.28. The largest absolute Gasteiger partial charge is 0.522 e. The van der Waals surface area contributed by atoms with Crippen LogP contribution in [0.3, 0.4) is 0 Å². The Bertz CT molecular complexity index is 571. The molecule has 23 heavy (non-hydrogen) atoms. The molecule has 0 aromatic carbocycles. The highest BCUT2D eigenvalue weighted by Crippen LogP contribution is 2.35. The van der Waals surface area contributed by atoms with Gasteiger partial charge in [0, 0.05) is 5.92 Å². The van der Waals surface area contributed by atoms with Crippen molar-refractivity contribution in [2.24, 2.45) is 5.92 Å². The Balaban J connectivity index is 1.50. The first-order valence-corrected chi connectivity index (χ1v) is 7.33. The average Bonchev–Trinajstić information content (AvgIpc) is 3.00. The molecule has 2 N–H and O–H groups in total. The van der Waals surface area contributed by atoms with Crippen LogP contribution in [-0.4, -0.2) is 52.8 Å². The number of aromatic nitrogens is 3. The van der Waals surface area contributed by atoms with Gasteiger partial charge < -0.3 is 10.1 Å². The summed E-state index contributed by atoms with van der Waals surface area (Å²) in [5.41, 5.74) is 0. The molecule has 0 bridgehead atoms. The second kappa shape index (κ2) is 6.08. The summed E-state index contributed by atoms with van der Waals surface area (Å²) in [5.74, 6) is 0.337. The normalized spacial score (nSPS) is 31.0. The first kappa shape index (κ1) is 16.2. The van der Waals surface area contributed by atoms with Crippen molar-refractivity contribution in [2.75, 3.05) is 13.2 Å². The van der Waals surface area contributed by atoms with Gasteiger partial charge >= 0.3 is 6.36 Å². The summed E-state index contributed by atoms with van der Waals surface area (Å²) in [6.07, 6.45) is -5.44. The fourth-order valence-corrected chi connectivity index (χ4v) is 2.84. The topological polar surface area (TPSA) is 89.1 Å². The van der Waals surface area contributed by atoms with E-state index in [0.717, 1.165) is 0 Å². The number of amides is 1. The van der Waals surface area contributed by atoms with Crippen LogP contribution in [0, 0.1) is 12.8 Å². The standard InChI is InChI=1S/C13H17F3N4O3/c1-6-17-11(20-19-6)9-4-22-5-10(9)18-12(21)7-2-8(3-7)23-13(14,15)16/h7-10H,2-5H2,1H3,(H,18,21)(H,17,19,20)/t7?,8?,9-,10+/m1/s1. The average molecular weight is 334 g/mol. The minimum absolute atomic E-state index is 0.0728. The van der Waals surface area contributed by atoms with E-state index in [1.165, 1.54) is 0 Å². The fraction of sp³-hybridized carbons (Fsp3) is 0.769. The molecule has 0 unspecified atom stereocenters. The number of aromatic amines is 1. The Morgan fingerprint density at radius 3 is 2.74 bits per heavy atom. The second-order valence-corrected chi connectivity index (χ2v) is 5.89. The molecule has 1 aromatic heterocycles. The van der Waals surface area contributed by atoms with Crippen molar-refractivity contribution in [3.63, 3.8) is 0 Å². The van der Waals surface area contributed by atoms with Crippen molar-refractivity contribution in [1.82, 2.24) is 20.5 Å². The van der Waals surface area contributed by atoms with E-state index in [0.29, 0.717) is 24.9 Å². The SMILES string of the molecule is Cc1nc([C@@H]2COC[C@@H]2NC(=O)C2CC(OC(F)(F)F)C2)n[nH]1. The summed E-state index contributed by atoms with van der Waals surface area (Å²) >= 11 is 0. The summed E-state index contributed by atoms with van der Waals surface area (Å²) in [6, 6.07) is -0.278. The molecule has 1 amide bonds. The number of nitrogens with zero attached hydrogens (tertiary/aromatic N) is 2. The van der Waals surface area contributed by atoms with Gasteiger partial charge in [-0.1, -0.05) is 0 Å². The van der Waals surface area contributed by atoms with Gasteiger partial charge in [-0.15, -0.1) is 13.2 Å². The van der Waals surface area contributed by atoms with Gasteiger partial charge in [0.1, 0.15) is 5.82 Å². The fourth-order valence-electron chi connectivity index (χ4n) is 2.84. The van der Waals surface area contributed by atoms with Gasteiger partial charge in [0.2, 0.25) is 5.91 Å². The number of carbonyl (C=O) groups excluding carboxylic acids is 1. The molecule has 1 aromatic rings. The van der Waals surface area contributed by atoms with Gasteiger partial charge in [-0.05, 0) is 19.8 Å². The van der Waals surface area contributed by atoms with Gasteiger partial charge in [0.15, 0.2) is 5.82 Å². The summed E-state index contributed by atoms with van der Waals surface area (Å²) in [4.78, 5) is 16.4. The predicted molar refractivity (Wildman–Crippen MR) is 70.3 cm³/mol. The molecule has 7 nitrogen and oxygen atoms in total. The monoisotopic (exact) mass is 334 g/mol. The van der Waals surface area contributed by atoms with Gasteiger partial charge in [0.05, 0.1) is 31.3 Å². The number of hydrogen-bond acceptors (Lipinski definition) is 5. The van der Waals surface area contributed by atoms with Crippen LogP contribution in [0.15, 0.2) is 0 Å². The van der Waals surface area contributed by atoms with Crippen LogP contribution in [0.1, 0.15) is 30.4 Å². The first-order chi connectivity index (χ1) is 10.8. The number of aryl methyl sites for hydroxylation is 1. The first-order valence-electron chi connectivity index (χ1n) is 7.33. The van der Waals surface area contributed by atoms with Gasteiger partial charge in [-0.25, -0.2) is 4.98 Å². The number of hydrogen-bond donors (Lipinski definition) is 2. The Labute approximate surface area is 129 Å². The third-order valence-electron chi connectivity index (χ3n) is 4.12. The van der Waals surface area contributed by atoms with Crippen molar-refractivity contribution in [3.05, 3.63) is 11.6 Å². The summed E-state index contributed by atoms with van der Waals surface area (Å²) < 4.78 is 45.5. The van der Waals surface area contributed by atoms with Crippen LogP contribution in [-0.2, 0) is 14.3 Å². The lowest BCUT2D eigenvalue weighted by Crippen LogP contribution is -2.48. The third-order valence-corrected chi connectivity index (χ3v) is 4.12. The van der Waals surface area contributed by atoms with E-state index in [1.807, 2.05) is 0 Å². The number of carbonyl (C=O) groups is 1. The number of alkyl halides is 3. The molecule has 3 rings (SSSR count). The zero-order chi connectivity index (χ0) is 16.6. The zero-order valence-electron chi connectivity index (χ0n) is 12.4. The van der Waals surface area contributed by atoms with Gasteiger partial charge in [-0.2, -0.15) is 5.10 Å². The number of nitrogens with one attached hydrogen (secondary N) is 2. The molecule has 1 saturated heterocycles. The molecule has 1 aliphatic heterocycles. The highest BCUT2D eigenvalue weighted by Gasteiger charge is 2.44. The number of rotatable bonds is 4. The second-order valence-electron chi connectivity index (χ2n) is 5.89. The van der Waals surface area contributed by atoms with E-state index in [9.17, 15) is 18.0 Å². The summed E-state index contributed by atoms with van der Waals surface area (Å²) in [7, 11) is 0. The lowest BCUT2D eigenvalue weighted by atomic mass is 9.81. The summed E-state index contributed by atoms with van der Waals surface area (Å²) in [5, 5.41) is 9.64. The van der Waals surface area contributed by atoms with E-state index in [4.69, 9.17) is 4.74 Å². The van der Waals surface area contributed by atoms with Crippen molar-refractivity contribution in [1.29, 1.82) is 0 Å². The minimum atomic E-state index is -4.65. The maximum absolute atomic E-state index is 12.1. The van der Waals surface area contributed by atoms with E-state index >= 15 is 0 Å². The molecule has 2 atom stereocenters. The molecule has 0 spiro atoms. The van der Waals surface area contributed by atoms with Crippen LogP contribution < -0.4 is 5.32 Å². The molecule has 0 radical (unpaired) electrons. The maximum Gasteiger partial charge on any atom is 0.522 e. The molecule has 1 aliphatic carbocycles. The van der Waals surface area contributed by atoms with Crippen molar-refractivity contribution in [2.45, 2.75) is 44.2 Å². The van der Waals surface area contributed by atoms with E-state index in [-0.39, 0.29) is 30.7 Å². The van der Waals surface area contributed by atoms with Crippen LogP contribution in [0.25, 0.3) is 0 Å². The summed E-state index contributed by atoms with van der Waals surface area (Å²) in [6.45, 7) is 2.50. The molecule has 10 heteroatoms. The van der Waals surface area contributed by atoms with Crippen LogP contribution >= 0.6 is 0 Å². The maximum atomic E-state index is 12.1. The van der Waals surface area contributed by atoms with Crippen molar-refractivity contribution >= 4 is 5.91 Å². The van der Waals surface area contributed by atoms with Crippen LogP contribution in [0.5, 0.6) is 0 Å². The van der Waals surface area contributed by atoms with Crippen LogP contribution in [0.2, 0.25) is 0 Å². The molecular weight excluding hydrogens is 317 g/mol. The molecule has 2 aliphatic rings. The highest BCUT2D eigenvalue weighted by molar-refractivity contribution is 5.80. The van der Waals surface area contributed by atoms with E-state index < -0.39 is 18.4 Å². The minimum Gasteiger partial charge on any atom is -0.378 e. The molecule has 128 valence electrons. The molecule has 1 saturated carbocycles. The smallest absolute Gasteiger partial charge is 0.378 e. The molecule has 2 heterocycles. The number of H-pyrrole nitrogens is 1. The third kappa shape index (κ3) is 3.81. The van der Waals surface area contributed by atoms with Gasteiger partial charge in [0.25, 0.3) is 0 Å². The quantitative estimate of drug-likeness (QED) is 0.858. The van der Waals surface area contributed by atoms with Crippen molar-refractivity contribution < 1.29 is 27.4 Å².